The molecule has 8 nitrogen and oxygen atoms in total. The number of hydrogen-bond acceptors (Lipinski definition) is 5. The first kappa shape index (κ1) is 24.0. The number of H-pyrrole nitrogens is 1. The molecule has 0 radical (unpaired) electrons. The molecule has 3 aromatic rings. The maximum atomic E-state index is 13.0. The van der Waals surface area contributed by atoms with Crippen molar-refractivity contribution >= 4 is 35.0 Å². The number of aromatic amines is 1. The summed E-state index contributed by atoms with van der Waals surface area (Å²) in [5.41, 5.74) is 0.0275. The van der Waals surface area contributed by atoms with E-state index in [2.05, 4.69) is 25.9 Å². The van der Waals surface area contributed by atoms with Gasteiger partial charge < -0.3 is 16.0 Å². The quantitative estimate of drug-likeness (QED) is 0.417. The van der Waals surface area contributed by atoms with Crippen molar-refractivity contribution in [2.45, 2.75) is 38.3 Å². The summed E-state index contributed by atoms with van der Waals surface area (Å²) in [4.78, 5) is 44.6. The number of halogens is 3. The van der Waals surface area contributed by atoms with Crippen LogP contribution in [0.3, 0.4) is 0 Å². The molecule has 11 heteroatoms. The molecular formula is C24H22F3N5O3. The zero-order chi connectivity index (χ0) is 25.3. The van der Waals surface area contributed by atoms with Crippen LogP contribution in [0.5, 0.6) is 0 Å². The molecule has 1 aliphatic heterocycles. The minimum Gasteiger partial charge on any atom is -0.326 e. The Morgan fingerprint density at radius 1 is 1.09 bits per heavy atom. The highest BCUT2D eigenvalue weighted by atomic mass is 19.4. The van der Waals surface area contributed by atoms with Gasteiger partial charge in [-0.3, -0.25) is 19.4 Å². The molecule has 1 atom stereocenters. The van der Waals surface area contributed by atoms with Crippen molar-refractivity contribution in [3.05, 3.63) is 75.6 Å². The van der Waals surface area contributed by atoms with Crippen molar-refractivity contribution in [2.75, 3.05) is 16.0 Å². The van der Waals surface area contributed by atoms with Gasteiger partial charge in [0.25, 0.3) is 5.56 Å². The van der Waals surface area contributed by atoms with Crippen LogP contribution in [-0.2, 0) is 15.8 Å². The zero-order valence-corrected chi connectivity index (χ0v) is 18.8. The van der Waals surface area contributed by atoms with E-state index in [0.29, 0.717) is 11.6 Å². The predicted octanol–water partition coefficient (Wildman–Crippen LogP) is 4.72. The summed E-state index contributed by atoms with van der Waals surface area (Å²) in [6.45, 7) is 4.08. The van der Waals surface area contributed by atoms with E-state index in [-0.39, 0.29) is 29.4 Å². The third kappa shape index (κ3) is 5.34. The number of fused-ring (bicyclic) bond motifs is 1. The van der Waals surface area contributed by atoms with Crippen molar-refractivity contribution in [1.29, 1.82) is 0 Å². The number of nitrogens with one attached hydrogen (secondary N) is 4. The molecule has 0 fully saturated rings. The third-order valence-electron chi connectivity index (χ3n) is 5.57. The second kappa shape index (κ2) is 9.24. The Balaban J connectivity index is 1.59. The summed E-state index contributed by atoms with van der Waals surface area (Å²) < 4.78 is 38.9. The largest absolute Gasteiger partial charge is 0.416 e. The van der Waals surface area contributed by atoms with Crippen LogP contribution in [0.1, 0.15) is 48.8 Å². The van der Waals surface area contributed by atoms with Crippen molar-refractivity contribution in [3.8, 4) is 0 Å². The average Bonchev–Trinajstić information content (AvgIpc) is 2.78. The number of aromatic nitrogens is 2. The molecular weight excluding hydrogens is 463 g/mol. The molecule has 35 heavy (non-hydrogen) atoms. The number of carbonyl (C=O) groups is 2. The van der Waals surface area contributed by atoms with Crippen molar-refractivity contribution in [1.82, 2.24) is 9.97 Å². The Morgan fingerprint density at radius 3 is 2.46 bits per heavy atom. The lowest BCUT2D eigenvalue weighted by molar-refractivity contribution is -0.137. The Bertz CT molecular complexity index is 1330. The molecule has 1 aliphatic rings. The van der Waals surface area contributed by atoms with Crippen molar-refractivity contribution in [2.24, 2.45) is 0 Å². The number of nitrogens with zero attached hydrogens (tertiary/aromatic N) is 1. The van der Waals surface area contributed by atoms with Crippen LogP contribution in [0.4, 0.5) is 36.3 Å². The number of anilines is 4. The molecule has 2 aromatic carbocycles. The summed E-state index contributed by atoms with van der Waals surface area (Å²) in [6, 6.07) is 11.6. The third-order valence-corrected chi connectivity index (χ3v) is 5.57. The first-order valence-corrected chi connectivity index (χ1v) is 10.8. The molecule has 1 aromatic heterocycles. The van der Waals surface area contributed by atoms with Gasteiger partial charge in [-0.05, 0) is 41.8 Å². The Kier molecular flexibility index (Phi) is 6.33. The summed E-state index contributed by atoms with van der Waals surface area (Å²) in [7, 11) is 0. The monoisotopic (exact) mass is 485 g/mol. The van der Waals surface area contributed by atoms with E-state index < -0.39 is 35.0 Å². The first-order chi connectivity index (χ1) is 16.5. The molecule has 0 bridgehead atoms. The van der Waals surface area contributed by atoms with E-state index in [0.717, 1.165) is 17.7 Å². The molecule has 0 spiro atoms. The van der Waals surface area contributed by atoms with Gasteiger partial charge in [0.15, 0.2) is 0 Å². The molecule has 0 saturated carbocycles. The maximum absolute atomic E-state index is 13.0. The van der Waals surface area contributed by atoms with E-state index in [1.54, 1.807) is 12.1 Å². The van der Waals surface area contributed by atoms with Gasteiger partial charge in [0.1, 0.15) is 5.82 Å². The molecule has 2 amide bonds. The van der Waals surface area contributed by atoms with Crippen molar-refractivity contribution < 1.29 is 22.8 Å². The minimum atomic E-state index is -4.54. The fourth-order valence-corrected chi connectivity index (χ4v) is 3.75. The zero-order valence-electron chi connectivity index (χ0n) is 18.8. The lowest BCUT2D eigenvalue weighted by Crippen LogP contribution is -2.36. The summed E-state index contributed by atoms with van der Waals surface area (Å²) >= 11 is 0. The van der Waals surface area contributed by atoms with Gasteiger partial charge in [0, 0.05) is 17.8 Å². The number of rotatable bonds is 5. The van der Waals surface area contributed by atoms with Crippen LogP contribution in [0.25, 0.3) is 0 Å². The van der Waals surface area contributed by atoms with E-state index in [1.807, 2.05) is 26.0 Å². The molecule has 0 aliphatic carbocycles. The molecule has 2 heterocycles. The molecule has 4 N–H and O–H groups in total. The van der Waals surface area contributed by atoms with E-state index in [4.69, 9.17) is 0 Å². The number of carbonyl (C=O) groups excluding carboxylic acids is 2. The van der Waals surface area contributed by atoms with Gasteiger partial charge in [-0.1, -0.05) is 32.0 Å². The van der Waals surface area contributed by atoms with Gasteiger partial charge in [-0.15, -0.1) is 0 Å². The fraction of sp³-hybridized carbons (Fsp3) is 0.250. The predicted molar refractivity (Wildman–Crippen MR) is 125 cm³/mol. The van der Waals surface area contributed by atoms with Gasteiger partial charge in [0.05, 0.1) is 17.0 Å². The number of hydrogen-bond donors (Lipinski definition) is 4. The molecule has 1 unspecified atom stereocenters. The van der Waals surface area contributed by atoms with Gasteiger partial charge in [0.2, 0.25) is 17.8 Å². The topological polar surface area (TPSA) is 116 Å². The van der Waals surface area contributed by atoms with Crippen LogP contribution < -0.4 is 21.5 Å². The van der Waals surface area contributed by atoms with E-state index in [9.17, 15) is 27.6 Å². The Hall–Kier alpha value is -4.15. The molecule has 4 rings (SSSR count). The number of benzene rings is 2. The highest BCUT2D eigenvalue weighted by molar-refractivity contribution is 6.04. The van der Waals surface area contributed by atoms with Crippen LogP contribution in [0.15, 0.2) is 53.3 Å². The van der Waals surface area contributed by atoms with Crippen LogP contribution in [0, 0.1) is 0 Å². The van der Waals surface area contributed by atoms with E-state index >= 15 is 0 Å². The number of amides is 2. The van der Waals surface area contributed by atoms with Gasteiger partial charge >= 0.3 is 6.18 Å². The van der Waals surface area contributed by atoms with Crippen LogP contribution in [0.2, 0.25) is 0 Å². The minimum absolute atomic E-state index is 0.0317. The molecule has 182 valence electrons. The van der Waals surface area contributed by atoms with Gasteiger partial charge in [-0.25, -0.2) is 0 Å². The SMILES string of the molecule is CC(C)c1ccc(NC(=O)C2CC(=O)Nc3nc(Nc4cccc(C(F)(F)F)c4)[nH]c(=O)c32)cc1. The summed E-state index contributed by atoms with van der Waals surface area (Å²) in [5, 5.41) is 7.78. The Morgan fingerprint density at radius 2 is 1.80 bits per heavy atom. The average molecular weight is 485 g/mol. The normalized spacial score (nSPS) is 15.4. The maximum Gasteiger partial charge on any atom is 0.416 e. The second-order valence-corrected chi connectivity index (χ2v) is 8.45. The Labute approximate surface area is 198 Å². The number of alkyl halides is 3. The first-order valence-electron chi connectivity index (χ1n) is 10.8. The second-order valence-electron chi connectivity index (χ2n) is 8.45. The van der Waals surface area contributed by atoms with Crippen LogP contribution in [-0.4, -0.2) is 21.8 Å². The van der Waals surface area contributed by atoms with E-state index in [1.165, 1.54) is 12.1 Å². The lowest BCUT2D eigenvalue weighted by Gasteiger charge is -2.23. The van der Waals surface area contributed by atoms with Crippen LogP contribution >= 0.6 is 0 Å². The lowest BCUT2D eigenvalue weighted by atomic mass is 9.92. The van der Waals surface area contributed by atoms with Gasteiger partial charge in [-0.2, -0.15) is 18.2 Å². The fourth-order valence-electron chi connectivity index (χ4n) is 3.75. The standard InChI is InChI=1S/C24H22F3N5O3/c1-12(2)13-6-8-15(9-7-13)28-21(34)17-11-18(33)30-20-19(17)22(35)32-23(31-20)29-16-5-3-4-14(10-16)24(25,26)27/h3-10,12,17H,11H2,1-2H3,(H,28,34)(H3,29,30,31,32,33,35). The molecule has 0 saturated heterocycles. The smallest absolute Gasteiger partial charge is 0.326 e. The highest BCUT2D eigenvalue weighted by Crippen LogP contribution is 2.32. The summed E-state index contributed by atoms with van der Waals surface area (Å²) in [6.07, 6.45) is -4.80. The van der Waals surface area contributed by atoms with Crippen molar-refractivity contribution in [3.63, 3.8) is 0 Å². The highest BCUT2D eigenvalue weighted by Gasteiger charge is 2.35. The summed E-state index contributed by atoms with van der Waals surface area (Å²) in [5.74, 6) is -2.16.